The number of rotatable bonds is 2. The molecule has 0 aliphatic heterocycles. The Morgan fingerprint density at radius 2 is 1.47 bits per heavy atom. The van der Waals surface area contributed by atoms with Crippen molar-refractivity contribution in [2.75, 3.05) is 0 Å². The summed E-state index contributed by atoms with van der Waals surface area (Å²) in [5.41, 5.74) is -2.93. The largest absolute Gasteiger partial charge is 0.449 e. The van der Waals surface area contributed by atoms with Gasteiger partial charge in [-0.05, 0) is 18.2 Å². The molecule has 0 saturated carbocycles. The summed E-state index contributed by atoms with van der Waals surface area (Å²) in [7, 11) is -4.95. The number of aromatic nitrogens is 2. The summed E-state index contributed by atoms with van der Waals surface area (Å²) in [6.07, 6.45) is -10.0. The lowest BCUT2D eigenvalue weighted by Crippen LogP contribution is -2.10. The van der Waals surface area contributed by atoms with E-state index in [1.807, 2.05) is 0 Å². The number of imidazole rings is 1. The van der Waals surface area contributed by atoms with E-state index in [9.17, 15) is 34.8 Å². The van der Waals surface area contributed by atoms with Gasteiger partial charge in [0.2, 0.25) is 15.7 Å². The number of halogens is 10. The zero-order chi connectivity index (χ0) is 22.8. The van der Waals surface area contributed by atoms with Crippen molar-refractivity contribution in [3.05, 3.63) is 49.7 Å². The van der Waals surface area contributed by atoms with E-state index < -0.39 is 74.5 Å². The molecule has 0 unspecified atom stereocenters. The molecule has 4 nitrogen and oxygen atoms in total. The summed E-state index contributed by atoms with van der Waals surface area (Å²) in [5, 5.41) is -2.78. The van der Waals surface area contributed by atoms with Gasteiger partial charge in [-0.2, -0.15) is 26.3 Å². The number of benzene rings is 2. The number of aromatic amines is 1. The van der Waals surface area contributed by atoms with Crippen LogP contribution in [-0.4, -0.2) is 18.4 Å². The van der Waals surface area contributed by atoms with Crippen LogP contribution in [0.2, 0.25) is 20.1 Å². The van der Waals surface area contributed by atoms with Crippen molar-refractivity contribution in [3.8, 4) is 0 Å². The Labute approximate surface area is 183 Å². The highest BCUT2D eigenvalue weighted by Crippen LogP contribution is 2.45. The maximum Gasteiger partial charge on any atom is 0.449 e. The lowest BCUT2D eigenvalue weighted by molar-refractivity contribution is -0.144. The second kappa shape index (κ2) is 7.33. The van der Waals surface area contributed by atoms with Crippen LogP contribution in [0.3, 0.4) is 0 Å². The zero-order valence-corrected chi connectivity index (χ0v) is 17.5. The molecule has 1 aromatic heterocycles. The first-order valence-corrected chi connectivity index (χ1v) is 10.3. The van der Waals surface area contributed by atoms with Crippen molar-refractivity contribution >= 4 is 67.3 Å². The fourth-order valence-corrected chi connectivity index (χ4v) is 5.23. The summed E-state index contributed by atoms with van der Waals surface area (Å²) >= 11 is 23.1. The Bertz CT molecular complexity index is 1290. The molecule has 2 aromatic carbocycles. The molecule has 0 radical (unpaired) electrons. The highest BCUT2D eigenvalue weighted by Gasteiger charge is 2.39. The Kier molecular flexibility index (Phi) is 5.69. The lowest BCUT2D eigenvalue weighted by atomic mass is 10.2. The minimum atomic E-state index is -5.02. The third-order valence-corrected chi connectivity index (χ3v) is 7.39. The van der Waals surface area contributed by atoms with Crippen molar-refractivity contribution in [1.29, 1.82) is 0 Å². The lowest BCUT2D eigenvalue weighted by Gasteiger charge is -2.13. The van der Waals surface area contributed by atoms with Crippen LogP contribution in [0, 0.1) is 0 Å². The van der Waals surface area contributed by atoms with Gasteiger partial charge in [0.1, 0.15) is 10.4 Å². The summed E-state index contributed by atoms with van der Waals surface area (Å²) in [6, 6.07) is 1.63. The van der Waals surface area contributed by atoms with E-state index in [4.69, 9.17) is 46.4 Å². The van der Waals surface area contributed by atoms with Gasteiger partial charge in [0.25, 0.3) is 0 Å². The molecule has 1 heterocycles. The zero-order valence-electron chi connectivity index (χ0n) is 13.7. The van der Waals surface area contributed by atoms with Gasteiger partial charge in [-0.1, -0.05) is 46.4 Å². The summed E-state index contributed by atoms with van der Waals surface area (Å²) in [6.45, 7) is 0. The van der Waals surface area contributed by atoms with E-state index in [2.05, 4.69) is 4.98 Å². The highest BCUT2D eigenvalue weighted by atomic mass is 35.5. The third-order valence-electron chi connectivity index (χ3n) is 3.81. The van der Waals surface area contributed by atoms with Gasteiger partial charge in [0.05, 0.1) is 36.1 Å². The van der Waals surface area contributed by atoms with Crippen LogP contribution >= 0.6 is 46.4 Å². The Hall–Kier alpha value is -1.40. The van der Waals surface area contributed by atoms with E-state index in [1.165, 1.54) is 0 Å². The average molecular weight is 532 g/mol. The smallest absolute Gasteiger partial charge is 0.333 e. The molecule has 1 N–H and O–H groups in total. The SMILES string of the molecule is O=S(=O)(c1ccc(Cl)c(C(F)(F)F)c1)c1c(Cl)c(Cl)c(Cl)c2[nH]c(C(F)(F)F)nc12. The van der Waals surface area contributed by atoms with E-state index in [-0.39, 0.29) is 6.07 Å². The number of fused-ring (bicyclic) bond motifs is 1. The maximum absolute atomic E-state index is 13.1. The highest BCUT2D eigenvalue weighted by molar-refractivity contribution is 7.91. The Balaban J connectivity index is 2.40. The first-order chi connectivity index (χ1) is 13.6. The molecule has 0 fully saturated rings. The number of alkyl halides is 6. The van der Waals surface area contributed by atoms with Crippen LogP contribution in [0.5, 0.6) is 0 Å². The number of nitrogens with zero attached hydrogens (tertiary/aromatic N) is 1. The normalized spacial score (nSPS) is 13.3. The van der Waals surface area contributed by atoms with Crippen LogP contribution in [0.15, 0.2) is 28.0 Å². The molecule has 3 rings (SSSR count). The van der Waals surface area contributed by atoms with Gasteiger partial charge in [0, 0.05) is 0 Å². The van der Waals surface area contributed by atoms with Crippen molar-refractivity contribution in [2.45, 2.75) is 22.1 Å². The Morgan fingerprint density at radius 1 is 0.867 bits per heavy atom. The maximum atomic E-state index is 13.1. The molecule has 0 saturated heterocycles. The van der Waals surface area contributed by atoms with Crippen LogP contribution < -0.4 is 0 Å². The van der Waals surface area contributed by atoms with Crippen molar-refractivity contribution in [2.24, 2.45) is 0 Å². The minimum absolute atomic E-state index is 0.222. The molecule has 0 amide bonds. The average Bonchev–Trinajstić information content (AvgIpc) is 3.04. The molecule has 162 valence electrons. The van der Waals surface area contributed by atoms with E-state index in [0.29, 0.717) is 6.07 Å². The predicted molar refractivity (Wildman–Crippen MR) is 98.0 cm³/mol. The van der Waals surface area contributed by atoms with E-state index >= 15 is 0 Å². The monoisotopic (exact) mass is 530 g/mol. The van der Waals surface area contributed by atoms with Crippen molar-refractivity contribution in [3.63, 3.8) is 0 Å². The molecular weight excluding hydrogens is 528 g/mol. The van der Waals surface area contributed by atoms with Gasteiger partial charge in [0.15, 0.2) is 0 Å². The summed E-state index contributed by atoms with van der Waals surface area (Å²) < 4.78 is 105. The van der Waals surface area contributed by atoms with Gasteiger partial charge in [-0.3, -0.25) is 0 Å². The second-order valence-corrected chi connectivity index (χ2v) is 9.15. The molecule has 0 aliphatic rings. The van der Waals surface area contributed by atoms with Gasteiger partial charge < -0.3 is 4.98 Å². The standard InChI is InChI=1S/C15H4Cl4F6N2O2S/c16-6-2-1-4(3-5(6)14(20,21)22)30(28,29)12-9(19)7(17)8(18)10-11(12)27-13(26-10)15(23,24)25/h1-3H,(H,26,27). The first kappa shape index (κ1) is 23.3. The predicted octanol–water partition coefficient (Wildman–Crippen LogP) is 7.05. The second-order valence-electron chi connectivity index (χ2n) is 5.72. The van der Waals surface area contributed by atoms with Crippen LogP contribution in [0.4, 0.5) is 26.3 Å². The van der Waals surface area contributed by atoms with Gasteiger partial charge in [-0.25, -0.2) is 13.4 Å². The molecule has 30 heavy (non-hydrogen) atoms. The van der Waals surface area contributed by atoms with Crippen LogP contribution in [-0.2, 0) is 22.2 Å². The fraction of sp³-hybridized carbons (Fsp3) is 0.133. The van der Waals surface area contributed by atoms with Crippen molar-refractivity contribution in [1.82, 2.24) is 9.97 Å². The first-order valence-electron chi connectivity index (χ1n) is 7.32. The summed E-state index contributed by atoms with van der Waals surface area (Å²) in [5.74, 6) is -1.61. The molecule has 0 bridgehead atoms. The van der Waals surface area contributed by atoms with Crippen LogP contribution in [0.25, 0.3) is 11.0 Å². The number of H-pyrrole nitrogens is 1. The molecule has 15 heteroatoms. The van der Waals surface area contributed by atoms with Crippen molar-refractivity contribution < 1.29 is 34.8 Å². The number of sulfone groups is 1. The van der Waals surface area contributed by atoms with E-state index in [1.54, 1.807) is 4.98 Å². The Morgan fingerprint density at radius 3 is 2.00 bits per heavy atom. The molecule has 0 atom stereocenters. The van der Waals surface area contributed by atoms with Gasteiger partial charge >= 0.3 is 12.4 Å². The molecule has 0 spiro atoms. The fourth-order valence-electron chi connectivity index (χ4n) is 2.49. The topological polar surface area (TPSA) is 62.8 Å². The number of nitrogens with one attached hydrogen (secondary N) is 1. The van der Waals surface area contributed by atoms with Gasteiger partial charge in [-0.15, -0.1) is 0 Å². The van der Waals surface area contributed by atoms with E-state index in [0.717, 1.165) is 6.07 Å². The van der Waals surface area contributed by atoms with Crippen LogP contribution in [0.1, 0.15) is 11.4 Å². The molecule has 3 aromatic rings. The number of hydrogen-bond acceptors (Lipinski definition) is 3. The minimum Gasteiger partial charge on any atom is -0.333 e. The quantitative estimate of drug-likeness (QED) is 0.285. The summed E-state index contributed by atoms with van der Waals surface area (Å²) in [4.78, 5) is 3.00. The molecule has 0 aliphatic carbocycles. The molecular formula is C15H4Cl4F6N2O2S. The third kappa shape index (κ3) is 3.81. The number of hydrogen-bond donors (Lipinski definition) is 1.